The highest BCUT2D eigenvalue weighted by Gasteiger charge is 2.33. The fraction of sp³-hybridized carbons (Fsp3) is 0.250. The van der Waals surface area contributed by atoms with Gasteiger partial charge in [-0.05, 0) is 30.9 Å². The van der Waals surface area contributed by atoms with Gasteiger partial charge in [-0.3, -0.25) is 0 Å². The van der Waals surface area contributed by atoms with E-state index >= 15 is 0 Å². The van der Waals surface area contributed by atoms with Crippen molar-refractivity contribution in [2.75, 3.05) is 0 Å². The summed E-state index contributed by atoms with van der Waals surface area (Å²) in [6, 6.07) is 11.7. The lowest BCUT2D eigenvalue weighted by molar-refractivity contribution is 0.129. The molecule has 4 rings (SSSR count). The zero-order valence-corrected chi connectivity index (χ0v) is 11.0. The fourth-order valence-corrected chi connectivity index (χ4v) is 2.92. The molecule has 1 N–H and O–H groups in total. The van der Waals surface area contributed by atoms with Crippen LogP contribution in [-0.4, -0.2) is 5.11 Å². The van der Waals surface area contributed by atoms with Crippen molar-refractivity contribution in [2.45, 2.75) is 18.9 Å². The SMILES string of the molecule is OC(c1cc2cc(Cl)c3ccccc3c2o1)C1CC1. The number of rotatable bonds is 2. The van der Waals surface area contributed by atoms with Gasteiger partial charge in [0.2, 0.25) is 0 Å². The van der Waals surface area contributed by atoms with Crippen LogP contribution in [0.3, 0.4) is 0 Å². The molecule has 1 saturated carbocycles. The zero-order valence-electron chi connectivity index (χ0n) is 10.3. The summed E-state index contributed by atoms with van der Waals surface area (Å²) in [4.78, 5) is 0. The number of aliphatic hydroxyl groups excluding tert-OH is 1. The third-order valence-corrected chi connectivity index (χ3v) is 4.16. The normalized spacial score (nSPS) is 17.2. The molecule has 0 spiro atoms. The summed E-state index contributed by atoms with van der Waals surface area (Å²) >= 11 is 6.30. The van der Waals surface area contributed by atoms with Crippen molar-refractivity contribution >= 4 is 33.3 Å². The number of hydrogen-bond donors (Lipinski definition) is 1. The predicted molar refractivity (Wildman–Crippen MR) is 76.4 cm³/mol. The molecular formula is C16H13ClO2. The molecule has 2 aromatic carbocycles. The maximum absolute atomic E-state index is 10.2. The second-order valence-corrected chi connectivity index (χ2v) is 5.66. The summed E-state index contributed by atoms with van der Waals surface area (Å²) in [6.45, 7) is 0. The van der Waals surface area contributed by atoms with Gasteiger partial charge in [-0.2, -0.15) is 0 Å². The molecule has 0 saturated heterocycles. The number of aliphatic hydroxyl groups is 1. The summed E-state index contributed by atoms with van der Waals surface area (Å²) in [5.74, 6) is 1.02. The second kappa shape index (κ2) is 3.99. The lowest BCUT2D eigenvalue weighted by Gasteiger charge is -2.03. The highest BCUT2D eigenvalue weighted by molar-refractivity contribution is 6.37. The Balaban J connectivity index is 1.99. The molecule has 3 heteroatoms. The molecule has 1 fully saturated rings. The first kappa shape index (κ1) is 11.3. The van der Waals surface area contributed by atoms with E-state index < -0.39 is 6.10 Å². The van der Waals surface area contributed by atoms with Crippen LogP contribution in [-0.2, 0) is 0 Å². The maximum atomic E-state index is 10.2. The van der Waals surface area contributed by atoms with Crippen molar-refractivity contribution in [1.82, 2.24) is 0 Å². The largest absolute Gasteiger partial charge is 0.458 e. The molecule has 1 aliphatic carbocycles. The van der Waals surface area contributed by atoms with E-state index in [9.17, 15) is 5.11 Å². The number of fused-ring (bicyclic) bond motifs is 3. The van der Waals surface area contributed by atoms with Gasteiger partial charge in [0.15, 0.2) is 0 Å². The van der Waals surface area contributed by atoms with Crippen molar-refractivity contribution < 1.29 is 9.52 Å². The Hall–Kier alpha value is -1.51. The van der Waals surface area contributed by atoms with E-state index in [0.29, 0.717) is 11.7 Å². The minimum Gasteiger partial charge on any atom is -0.458 e. The van der Waals surface area contributed by atoms with Crippen LogP contribution in [0.4, 0.5) is 0 Å². The summed E-state index contributed by atoms with van der Waals surface area (Å²) < 4.78 is 5.89. The number of hydrogen-bond acceptors (Lipinski definition) is 2. The van der Waals surface area contributed by atoms with Gasteiger partial charge in [-0.1, -0.05) is 35.9 Å². The third kappa shape index (κ3) is 1.75. The van der Waals surface area contributed by atoms with E-state index in [1.807, 2.05) is 36.4 Å². The van der Waals surface area contributed by atoms with Gasteiger partial charge < -0.3 is 9.52 Å². The summed E-state index contributed by atoms with van der Waals surface area (Å²) in [5.41, 5.74) is 0.815. The fourth-order valence-electron chi connectivity index (χ4n) is 2.64. The van der Waals surface area contributed by atoms with Crippen LogP contribution >= 0.6 is 11.6 Å². The second-order valence-electron chi connectivity index (χ2n) is 5.25. The molecule has 1 atom stereocenters. The first-order chi connectivity index (χ1) is 9.24. The summed E-state index contributed by atoms with van der Waals surface area (Å²) in [7, 11) is 0. The van der Waals surface area contributed by atoms with E-state index in [4.69, 9.17) is 16.0 Å². The van der Waals surface area contributed by atoms with Crippen LogP contribution in [0.15, 0.2) is 40.8 Å². The van der Waals surface area contributed by atoms with Crippen LogP contribution < -0.4 is 0 Å². The van der Waals surface area contributed by atoms with Gasteiger partial charge in [0.25, 0.3) is 0 Å². The Morgan fingerprint density at radius 1 is 1.16 bits per heavy atom. The Morgan fingerprint density at radius 3 is 2.63 bits per heavy atom. The molecule has 0 radical (unpaired) electrons. The minimum absolute atomic E-state index is 0.363. The Bertz CT molecular complexity index is 771. The monoisotopic (exact) mass is 272 g/mol. The summed E-state index contributed by atoms with van der Waals surface area (Å²) in [5, 5.41) is 13.8. The molecule has 0 aliphatic heterocycles. The molecule has 1 heterocycles. The van der Waals surface area contributed by atoms with Crippen LogP contribution in [0.25, 0.3) is 21.7 Å². The highest BCUT2D eigenvalue weighted by atomic mass is 35.5. The number of furan rings is 1. The van der Waals surface area contributed by atoms with E-state index in [1.54, 1.807) is 0 Å². The maximum Gasteiger partial charge on any atom is 0.142 e. The first-order valence-electron chi connectivity index (χ1n) is 6.53. The van der Waals surface area contributed by atoms with Crippen molar-refractivity contribution in [3.63, 3.8) is 0 Å². The molecule has 2 nitrogen and oxygen atoms in total. The predicted octanol–water partition coefficient (Wildman–Crippen LogP) is 4.68. The van der Waals surface area contributed by atoms with E-state index in [-0.39, 0.29) is 0 Å². The average Bonchev–Trinajstić information content (AvgIpc) is 3.18. The van der Waals surface area contributed by atoms with Gasteiger partial charge in [-0.15, -0.1) is 0 Å². The van der Waals surface area contributed by atoms with Crippen LogP contribution in [0.1, 0.15) is 24.7 Å². The van der Waals surface area contributed by atoms with E-state index in [1.165, 1.54) is 0 Å². The van der Waals surface area contributed by atoms with Crippen LogP contribution in [0, 0.1) is 5.92 Å². The molecule has 1 aliphatic rings. The summed E-state index contributed by atoms with van der Waals surface area (Å²) in [6.07, 6.45) is 1.68. The standard InChI is InChI=1S/C16H13ClO2/c17-13-7-10-8-14(15(18)9-5-6-9)19-16(10)12-4-2-1-3-11(12)13/h1-4,7-9,15,18H,5-6H2. The van der Waals surface area contributed by atoms with Crippen LogP contribution in [0.2, 0.25) is 5.02 Å². The molecule has 96 valence electrons. The molecule has 19 heavy (non-hydrogen) atoms. The van der Waals surface area contributed by atoms with E-state index in [0.717, 1.165) is 39.6 Å². The van der Waals surface area contributed by atoms with Gasteiger partial charge in [0, 0.05) is 21.2 Å². The van der Waals surface area contributed by atoms with Gasteiger partial charge in [0.05, 0.1) is 0 Å². The Kier molecular flexibility index (Phi) is 2.38. The molecule has 1 unspecified atom stereocenters. The lowest BCUT2D eigenvalue weighted by atomic mass is 10.1. The quantitative estimate of drug-likeness (QED) is 0.735. The van der Waals surface area contributed by atoms with Crippen LogP contribution in [0.5, 0.6) is 0 Å². The number of benzene rings is 2. The van der Waals surface area contributed by atoms with Crippen molar-refractivity contribution in [1.29, 1.82) is 0 Å². The Labute approximate surface area is 115 Å². The minimum atomic E-state index is -0.482. The molecule has 0 amide bonds. The number of halogens is 1. The topological polar surface area (TPSA) is 33.4 Å². The molecular weight excluding hydrogens is 260 g/mol. The van der Waals surface area contributed by atoms with Gasteiger partial charge in [0.1, 0.15) is 17.4 Å². The van der Waals surface area contributed by atoms with Crippen molar-refractivity contribution in [3.05, 3.63) is 47.2 Å². The van der Waals surface area contributed by atoms with Gasteiger partial charge in [-0.25, -0.2) is 0 Å². The molecule has 3 aromatic rings. The first-order valence-corrected chi connectivity index (χ1v) is 6.90. The highest BCUT2D eigenvalue weighted by Crippen LogP contribution is 2.43. The van der Waals surface area contributed by atoms with E-state index in [2.05, 4.69) is 0 Å². The Morgan fingerprint density at radius 2 is 1.89 bits per heavy atom. The molecule has 0 bridgehead atoms. The average molecular weight is 273 g/mol. The van der Waals surface area contributed by atoms with Gasteiger partial charge >= 0.3 is 0 Å². The van der Waals surface area contributed by atoms with Crippen molar-refractivity contribution in [3.8, 4) is 0 Å². The molecule has 1 aromatic heterocycles. The lowest BCUT2D eigenvalue weighted by Crippen LogP contribution is -1.96. The van der Waals surface area contributed by atoms with Crippen molar-refractivity contribution in [2.24, 2.45) is 5.92 Å². The zero-order chi connectivity index (χ0) is 13.0. The smallest absolute Gasteiger partial charge is 0.142 e. The third-order valence-electron chi connectivity index (χ3n) is 3.85.